The number of epoxide rings is 1. The average molecular weight is 146 g/mol. The van der Waals surface area contributed by atoms with E-state index in [0.717, 1.165) is 0 Å². The molecule has 2 nitrogen and oxygen atoms in total. The third-order valence-corrected chi connectivity index (χ3v) is 1.24. The van der Waals surface area contributed by atoms with E-state index in [-0.39, 0.29) is 6.10 Å². The van der Waals surface area contributed by atoms with Crippen LogP contribution >= 0.6 is 0 Å². The van der Waals surface area contributed by atoms with Crippen molar-refractivity contribution in [1.29, 1.82) is 0 Å². The molecule has 1 fully saturated rings. The number of rotatable bonds is 1. The smallest absolute Gasteiger partial charge is 0.0836 e. The number of aliphatic hydroxyl groups is 1. The van der Waals surface area contributed by atoms with Crippen LogP contribution in [-0.2, 0) is 4.74 Å². The predicted molar refractivity (Wildman–Crippen MR) is 42.0 cm³/mol. The Hall–Kier alpha value is -0.0800. The Morgan fingerprint density at radius 3 is 1.80 bits per heavy atom. The van der Waals surface area contributed by atoms with Gasteiger partial charge >= 0.3 is 0 Å². The van der Waals surface area contributed by atoms with Crippen LogP contribution in [-0.4, -0.2) is 23.4 Å². The Bertz CT molecular complexity index is 76.6. The molecule has 0 amide bonds. The normalized spacial score (nSPS) is 29.4. The highest BCUT2D eigenvalue weighted by Crippen LogP contribution is 2.22. The van der Waals surface area contributed by atoms with Crippen molar-refractivity contribution in [2.24, 2.45) is 0 Å². The first-order chi connectivity index (χ1) is 4.57. The summed E-state index contributed by atoms with van der Waals surface area (Å²) in [6.07, 6.45) is 2.18. The highest BCUT2D eigenvalue weighted by Gasteiger charge is 2.31. The van der Waals surface area contributed by atoms with Crippen molar-refractivity contribution in [2.75, 3.05) is 0 Å². The summed E-state index contributed by atoms with van der Waals surface area (Å²) in [7, 11) is 0. The van der Waals surface area contributed by atoms with E-state index in [1.54, 1.807) is 13.8 Å². The molecule has 62 valence electrons. The van der Waals surface area contributed by atoms with Crippen molar-refractivity contribution < 1.29 is 9.84 Å². The molecule has 0 spiro atoms. The lowest BCUT2D eigenvalue weighted by Crippen LogP contribution is -1.85. The van der Waals surface area contributed by atoms with Gasteiger partial charge in [0.05, 0.1) is 12.2 Å². The van der Waals surface area contributed by atoms with Gasteiger partial charge in [0.25, 0.3) is 0 Å². The third kappa shape index (κ3) is 6.05. The molecule has 2 heteroatoms. The number of hydrogen-bond acceptors (Lipinski definition) is 2. The van der Waals surface area contributed by atoms with Gasteiger partial charge in [-0.2, -0.15) is 0 Å². The minimum Gasteiger partial charge on any atom is -0.394 e. The molecule has 0 aliphatic carbocycles. The van der Waals surface area contributed by atoms with Crippen LogP contribution in [0.1, 0.15) is 34.1 Å². The lowest BCUT2D eigenvalue weighted by atomic mass is 10.3. The molecule has 1 heterocycles. The van der Waals surface area contributed by atoms with E-state index in [2.05, 4.69) is 13.8 Å². The third-order valence-electron chi connectivity index (χ3n) is 1.24. The molecule has 1 aliphatic rings. The van der Waals surface area contributed by atoms with E-state index in [1.165, 1.54) is 6.42 Å². The Morgan fingerprint density at radius 1 is 1.50 bits per heavy atom. The Balaban J connectivity index is 0.000000180. The minimum atomic E-state index is -0.167. The zero-order chi connectivity index (χ0) is 8.15. The molecule has 0 bridgehead atoms. The molecule has 1 saturated heterocycles. The van der Waals surface area contributed by atoms with Crippen molar-refractivity contribution in [3.05, 3.63) is 0 Å². The number of ether oxygens (including phenoxy) is 1. The molecule has 1 N–H and O–H groups in total. The Labute approximate surface area is 63.2 Å². The second-order valence-electron chi connectivity index (χ2n) is 2.88. The van der Waals surface area contributed by atoms with Crippen LogP contribution in [0.4, 0.5) is 0 Å². The number of hydrogen-bond donors (Lipinski definition) is 1. The number of aliphatic hydroxyl groups excluding tert-OH is 1. The largest absolute Gasteiger partial charge is 0.394 e. The fourth-order valence-corrected chi connectivity index (χ4v) is 0.659. The molecular weight excluding hydrogens is 128 g/mol. The predicted octanol–water partition coefficient (Wildman–Crippen LogP) is 1.57. The second-order valence-corrected chi connectivity index (χ2v) is 2.88. The molecule has 0 aromatic rings. The van der Waals surface area contributed by atoms with E-state index in [4.69, 9.17) is 9.84 Å². The van der Waals surface area contributed by atoms with Crippen LogP contribution in [0.15, 0.2) is 0 Å². The van der Waals surface area contributed by atoms with Gasteiger partial charge in [0.1, 0.15) is 0 Å². The Morgan fingerprint density at radius 2 is 1.80 bits per heavy atom. The van der Waals surface area contributed by atoms with Crippen LogP contribution in [0, 0.1) is 0 Å². The molecule has 10 heavy (non-hydrogen) atoms. The quantitative estimate of drug-likeness (QED) is 0.569. The topological polar surface area (TPSA) is 32.8 Å². The standard InChI is InChI=1S/C5H10O.C3H8O/c1-3-5-4(2)6-5;1-3(2)4/h4-5H,3H2,1-2H3;3-4H,1-2H3. The maximum absolute atomic E-state index is 8.06. The molecule has 1 aliphatic heterocycles. The highest BCUT2D eigenvalue weighted by molar-refractivity contribution is 4.77. The summed E-state index contributed by atoms with van der Waals surface area (Å²) in [5.41, 5.74) is 0. The van der Waals surface area contributed by atoms with Gasteiger partial charge in [0, 0.05) is 6.10 Å². The summed E-state index contributed by atoms with van der Waals surface area (Å²) >= 11 is 0. The monoisotopic (exact) mass is 146 g/mol. The van der Waals surface area contributed by atoms with Crippen LogP contribution in [0.2, 0.25) is 0 Å². The molecule has 2 unspecified atom stereocenters. The highest BCUT2D eigenvalue weighted by atomic mass is 16.6. The van der Waals surface area contributed by atoms with Crippen molar-refractivity contribution >= 4 is 0 Å². The van der Waals surface area contributed by atoms with Gasteiger partial charge in [-0.15, -0.1) is 0 Å². The molecule has 0 radical (unpaired) electrons. The molecule has 1 rings (SSSR count). The van der Waals surface area contributed by atoms with Crippen LogP contribution in [0.5, 0.6) is 0 Å². The summed E-state index contributed by atoms with van der Waals surface area (Å²) in [6.45, 7) is 7.70. The molecule has 0 saturated carbocycles. The SMILES string of the molecule is CC(C)O.CCC1OC1C. The molecule has 2 atom stereocenters. The second kappa shape index (κ2) is 4.69. The lowest BCUT2D eigenvalue weighted by Gasteiger charge is -1.80. The molecule has 0 aromatic heterocycles. The molecular formula is C8H18O2. The first-order valence-electron chi connectivity index (χ1n) is 3.91. The zero-order valence-electron chi connectivity index (χ0n) is 7.29. The fourth-order valence-electron chi connectivity index (χ4n) is 0.659. The lowest BCUT2D eigenvalue weighted by molar-refractivity contribution is 0.216. The van der Waals surface area contributed by atoms with Crippen molar-refractivity contribution in [3.8, 4) is 0 Å². The Kier molecular flexibility index (Phi) is 4.65. The van der Waals surface area contributed by atoms with E-state index in [1.807, 2.05) is 0 Å². The van der Waals surface area contributed by atoms with Gasteiger partial charge in [-0.25, -0.2) is 0 Å². The fraction of sp³-hybridized carbons (Fsp3) is 1.00. The average Bonchev–Trinajstić information content (AvgIpc) is 2.45. The van der Waals surface area contributed by atoms with Crippen LogP contribution in [0.3, 0.4) is 0 Å². The summed E-state index contributed by atoms with van der Waals surface area (Å²) < 4.78 is 5.07. The van der Waals surface area contributed by atoms with Gasteiger partial charge in [-0.1, -0.05) is 6.92 Å². The van der Waals surface area contributed by atoms with E-state index in [0.29, 0.717) is 12.2 Å². The summed E-state index contributed by atoms with van der Waals surface area (Å²) in [5, 5.41) is 8.06. The van der Waals surface area contributed by atoms with Gasteiger partial charge < -0.3 is 9.84 Å². The van der Waals surface area contributed by atoms with Gasteiger partial charge in [0.15, 0.2) is 0 Å². The first kappa shape index (κ1) is 9.92. The van der Waals surface area contributed by atoms with E-state index in [9.17, 15) is 0 Å². The summed E-state index contributed by atoms with van der Waals surface area (Å²) in [5.74, 6) is 0. The maximum Gasteiger partial charge on any atom is 0.0836 e. The van der Waals surface area contributed by atoms with Crippen LogP contribution < -0.4 is 0 Å². The first-order valence-corrected chi connectivity index (χ1v) is 3.91. The van der Waals surface area contributed by atoms with Gasteiger partial charge in [-0.3, -0.25) is 0 Å². The van der Waals surface area contributed by atoms with E-state index < -0.39 is 0 Å². The van der Waals surface area contributed by atoms with Crippen molar-refractivity contribution in [3.63, 3.8) is 0 Å². The zero-order valence-corrected chi connectivity index (χ0v) is 7.29. The summed E-state index contributed by atoms with van der Waals surface area (Å²) in [4.78, 5) is 0. The maximum atomic E-state index is 8.06. The van der Waals surface area contributed by atoms with Crippen molar-refractivity contribution in [1.82, 2.24) is 0 Å². The van der Waals surface area contributed by atoms with E-state index >= 15 is 0 Å². The van der Waals surface area contributed by atoms with Gasteiger partial charge in [-0.05, 0) is 27.2 Å². The van der Waals surface area contributed by atoms with Crippen molar-refractivity contribution in [2.45, 2.75) is 52.4 Å². The van der Waals surface area contributed by atoms with Gasteiger partial charge in [0.2, 0.25) is 0 Å². The summed E-state index contributed by atoms with van der Waals surface area (Å²) in [6, 6.07) is 0. The molecule has 0 aromatic carbocycles. The van der Waals surface area contributed by atoms with Crippen LogP contribution in [0.25, 0.3) is 0 Å². The minimum absolute atomic E-state index is 0.167.